The molecule has 1 heterocycles. The number of nitrogens with zero attached hydrogens (tertiary/aromatic N) is 2. The summed E-state index contributed by atoms with van der Waals surface area (Å²) in [4.78, 5) is 1.16. The molecule has 0 atom stereocenters. The lowest BCUT2D eigenvalue weighted by molar-refractivity contribution is 0.604. The fourth-order valence-electron chi connectivity index (χ4n) is 0.681. The van der Waals surface area contributed by atoms with Crippen molar-refractivity contribution in [3.05, 3.63) is 16.6 Å². The van der Waals surface area contributed by atoms with Gasteiger partial charge < -0.3 is 0 Å². The molecule has 1 aromatic rings. The smallest absolute Gasteiger partial charge is 0.154 e. The SMILES string of the molecule is CC(C)(C)c1cc(C#N)ns1. The maximum Gasteiger partial charge on any atom is 0.154 e. The van der Waals surface area contributed by atoms with Gasteiger partial charge in [0, 0.05) is 4.88 Å². The average Bonchev–Trinajstić information content (AvgIpc) is 2.32. The van der Waals surface area contributed by atoms with Crippen LogP contribution in [0, 0.1) is 11.3 Å². The van der Waals surface area contributed by atoms with E-state index in [0.717, 1.165) is 4.88 Å². The van der Waals surface area contributed by atoms with Crippen molar-refractivity contribution in [2.24, 2.45) is 0 Å². The highest BCUT2D eigenvalue weighted by Gasteiger charge is 2.16. The largest absolute Gasteiger partial charge is 0.191 e. The second kappa shape index (κ2) is 2.63. The third-order valence-electron chi connectivity index (χ3n) is 1.36. The monoisotopic (exact) mass is 166 g/mol. The first-order valence-electron chi connectivity index (χ1n) is 3.41. The van der Waals surface area contributed by atoms with Crippen LogP contribution in [0.3, 0.4) is 0 Å². The van der Waals surface area contributed by atoms with Crippen molar-refractivity contribution in [3.8, 4) is 6.07 Å². The minimum Gasteiger partial charge on any atom is -0.191 e. The first-order valence-corrected chi connectivity index (χ1v) is 4.18. The number of hydrogen-bond donors (Lipinski definition) is 0. The van der Waals surface area contributed by atoms with Crippen LogP contribution in [0.25, 0.3) is 0 Å². The van der Waals surface area contributed by atoms with Crippen molar-refractivity contribution in [1.29, 1.82) is 5.26 Å². The molecule has 0 fully saturated rings. The molecule has 3 heteroatoms. The molecular weight excluding hydrogens is 156 g/mol. The highest BCUT2D eigenvalue weighted by Crippen LogP contribution is 2.25. The van der Waals surface area contributed by atoms with E-state index in [4.69, 9.17) is 5.26 Å². The highest BCUT2D eigenvalue weighted by molar-refractivity contribution is 7.06. The zero-order valence-electron chi connectivity index (χ0n) is 6.88. The van der Waals surface area contributed by atoms with Crippen LogP contribution in [-0.2, 0) is 5.41 Å². The molecule has 0 N–H and O–H groups in total. The molecule has 2 nitrogen and oxygen atoms in total. The van der Waals surface area contributed by atoms with E-state index < -0.39 is 0 Å². The van der Waals surface area contributed by atoms with Gasteiger partial charge in [0.25, 0.3) is 0 Å². The molecule has 0 radical (unpaired) electrons. The van der Waals surface area contributed by atoms with E-state index in [1.807, 2.05) is 12.1 Å². The zero-order chi connectivity index (χ0) is 8.48. The van der Waals surface area contributed by atoms with Crippen molar-refractivity contribution in [2.75, 3.05) is 0 Å². The van der Waals surface area contributed by atoms with Gasteiger partial charge in [0.2, 0.25) is 0 Å². The first kappa shape index (κ1) is 8.22. The summed E-state index contributed by atoms with van der Waals surface area (Å²) in [6.07, 6.45) is 0. The Kier molecular flexibility index (Phi) is 1.97. The fraction of sp³-hybridized carbons (Fsp3) is 0.500. The first-order chi connectivity index (χ1) is 5.04. The number of rotatable bonds is 0. The van der Waals surface area contributed by atoms with Crippen LogP contribution in [0.5, 0.6) is 0 Å². The summed E-state index contributed by atoms with van der Waals surface area (Å²) in [7, 11) is 0. The third-order valence-corrected chi connectivity index (χ3v) is 2.58. The molecule has 0 saturated carbocycles. The van der Waals surface area contributed by atoms with Gasteiger partial charge >= 0.3 is 0 Å². The van der Waals surface area contributed by atoms with Gasteiger partial charge in [0.1, 0.15) is 6.07 Å². The molecule has 0 aliphatic carbocycles. The lowest BCUT2D eigenvalue weighted by atomic mass is 9.94. The normalized spacial score (nSPS) is 11.1. The van der Waals surface area contributed by atoms with E-state index >= 15 is 0 Å². The van der Waals surface area contributed by atoms with Gasteiger partial charge in [-0.25, -0.2) is 0 Å². The Labute approximate surface area is 70.6 Å². The van der Waals surface area contributed by atoms with Gasteiger partial charge in [-0.1, -0.05) is 20.8 Å². The number of hydrogen-bond acceptors (Lipinski definition) is 3. The molecule has 0 aliphatic heterocycles. The Balaban J connectivity index is 3.01. The fourth-order valence-corrected chi connectivity index (χ4v) is 1.41. The Morgan fingerprint density at radius 2 is 2.18 bits per heavy atom. The molecule has 0 unspecified atom stereocenters. The second-order valence-electron chi connectivity index (χ2n) is 3.44. The highest BCUT2D eigenvalue weighted by atomic mass is 32.1. The maximum atomic E-state index is 8.51. The maximum absolute atomic E-state index is 8.51. The zero-order valence-corrected chi connectivity index (χ0v) is 7.70. The molecule has 0 bridgehead atoms. The van der Waals surface area contributed by atoms with Crippen LogP contribution in [0.4, 0.5) is 0 Å². The molecule has 0 aliphatic rings. The summed E-state index contributed by atoms with van der Waals surface area (Å²) in [5.41, 5.74) is 0.646. The molecule has 1 aromatic heterocycles. The third kappa shape index (κ3) is 1.78. The molecule has 0 aromatic carbocycles. The predicted octanol–water partition coefficient (Wildman–Crippen LogP) is 2.31. The van der Waals surface area contributed by atoms with Crippen LogP contribution in [0.2, 0.25) is 0 Å². The van der Waals surface area contributed by atoms with Crippen molar-refractivity contribution in [3.63, 3.8) is 0 Å². The Morgan fingerprint density at radius 1 is 1.55 bits per heavy atom. The van der Waals surface area contributed by atoms with Gasteiger partial charge in [0.05, 0.1) is 0 Å². The number of aromatic nitrogens is 1. The Morgan fingerprint density at radius 3 is 2.45 bits per heavy atom. The van der Waals surface area contributed by atoms with Crippen LogP contribution >= 0.6 is 11.5 Å². The predicted molar refractivity (Wildman–Crippen MR) is 45.5 cm³/mol. The molecular formula is C8H10N2S. The van der Waals surface area contributed by atoms with E-state index in [0.29, 0.717) is 5.69 Å². The molecule has 0 spiro atoms. The van der Waals surface area contributed by atoms with Crippen LogP contribution in [0.1, 0.15) is 31.3 Å². The average molecular weight is 166 g/mol. The Bertz CT molecular complexity index is 288. The van der Waals surface area contributed by atoms with Gasteiger partial charge in [-0.3, -0.25) is 0 Å². The van der Waals surface area contributed by atoms with E-state index in [1.54, 1.807) is 0 Å². The molecule has 0 saturated heterocycles. The van der Waals surface area contributed by atoms with Gasteiger partial charge in [-0.15, -0.1) is 0 Å². The minimum absolute atomic E-state index is 0.118. The van der Waals surface area contributed by atoms with E-state index in [-0.39, 0.29) is 5.41 Å². The second-order valence-corrected chi connectivity index (χ2v) is 4.24. The summed E-state index contributed by atoms with van der Waals surface area (Å²) in [5, 5.41) is 8.51. The lowest BCUT2D eigenvalue weighted by Gasteiger charge is -2.13. The minimum atomic E-state index is 0.118. The molecule has 11 heavy (non-hydrogen) atoms. The van der Waals surface area contributed by atoms with Crippen molar-refractivity contribution in [2.45, 2.75) is 26.2 Å². The summed E-state index contributed by atoms with van der Waals surface area (Å²) >= 11 is 1.41. The topological polar surface area (TPSA) is 36.7 Å². The van der Waals surface area contributed by atoms with E-state index in [1.165, 1.54) is 11.5 Å². The standard InChI is InChI=1S/C8H10N2S/c1-8(2,3)7-4-6(5-9)10-11-7/h4H,1-3H3. The quantitative estimate of drug-likeness (QED) is 0.593. The van der Waals surface area contributed by atoms with Crippen molar-refractivity contribution >= 4 is 11.5 Å². The van der Waals surface area contributed by atoms with Crippen LogP contribution in [0.15, 0.2) is 6.07 Å². The van der Waals surface area contributed by atoms with Gasteiger partial charge in [-0.05, 0) is 23.0 Å². The summed E-state index contributed by atoms with van der Waals surface area (Å²) < 4.78 is 3.98. The van der Waals surface area contributed by atoms with Crippen molar-refractivity contribution in [1.82, 2.24) is 4.37 Å². The summed E-state index contributed by atoms with van der Waals surface area (Å²) in [5.74, 6) is 0. The van der Waals surface area contributed by atoms with Crippen molar-refractivity contribution < 1.29 is 0 Å². The van der Waals surface area contributed by atoms with Gasteiger partial charge in [0.15, 0.2) is 5.69 Å². The molecule has 1 rings (SSSR count). The van der Waals surface area contributed by atoms with E-state index in [2.05, 4.69) is 25.1 Å². The lowest BCUT2D eigenvalue weighted by Crippen LogP contribution is -2.07. The van der Waals surface area contributed by atoms with Gasteiger partial charge in [-0.2, -0.15) is 9.64 Å². The summed E-state index contributed by atoms with van der Waals surface area (Å²) in [6, 6.07) is 3.87. The molecule has 0 amide bonds. The summed E-state index contributed by atoms with van der Waals surface area (Å²) in [6.45, 7) is 6.34. The van der Waals surface area contributed by atoms with E-state index in [9.17, 15) is 0 Å². The van der Waals surface area contributed by atoms with Crippen LogP contribution in [-0.4, -0.2) is 4.37 Å². The van der Waals surface area contributed by atoms with Crippen LogP contribution < -0.4 is 0 Å². The Hall–Kier alpha value is -0.880. The number of nitriles is 1. The molecule has 58 valence electrons.